The standard InChI is InChI=1S/C38H36ClN9O4S2/c1-23(45-35(49)32(42)16-27-19-43-22-44-27)38(50)52-15-14-51-29-10-6-24(7-11-29)33-30(17-40)34(48-12-2-3-13-48)47-37(31(33)18-41)54-21-28-20-53-36(46-28)25-4-8-26(39)9-5-25/h4-11,19-20,22-23,32H,2-3,12-16,21,42H2,1H3,(H,43,44)(H,45,49)/t23-,32-/m0/s1. The molecule has 1 fully saturated rings. The van der Waals surface area contributed by atoms with Crippen LogP contribution in [0.4, 0.5) is 5.82 Å². The van der Waals surface area contributed by atoms with Crippen LogP contribution in [0.25, 0.3) is 21.7 Å². The Balaban J connectivity index is 1.11. The molecule has 0 spiro atoms. The Morgan fingerprint density at radius 3 is 2.46 bits per heavy atom. The van der Waals surface area contributed by atoms with E-state index >= 15 is 0 Å². The number of hydrogen-bond acceptors (Lipinski definition) is 13. The number of esters is 1. The third-order valence-electron chi connectivity index (χ3n) is 8.56. The van der Waals surface area contributed by atoms with Gasteiger partial charge in [-0.1, -0.05) is 47.6 Å². The number of H-pyrrole nitrogens is 1. The summed E-state index contributed by atoms with van der Waals surface area (Å²) in [6.45, 7) is 3.07. The summed E-state index contributed by atoms with van der Waals surface area (Å²) in [6, 6.07) is 17.5. The Hall–Kier alpha value is -5.45. The number of halogens is 1. The number of aromatic nitrogens is 4. The number of nitrogens with one attached hydrogen (secondary N) is 2. The number of pyridine rings is 1. The number of benzene rings is 2. The van der Waals surface area contributed by atoms with Gasteiger partial charge in [0.25, 0.3) is 0 Å². The number of hydrogen-bond donors (Lipinski definition) is 3. The highest BCUT2D eigenvalue weighted by Crippen LogP contribution is 2.40. The second-order valence-corrected chi connectivity index (χ2v) is 14.6. The average molecular weight is 782 g/mol. The highest BCUT2D eigenvalue weighted by molar-refractivity contribution is 7.98. The normalized spacial score (nSPS) is 13.5. The van der Waals surface area contributed by atoms with Gasteiger partial charge in [0.2, 0.25) is 5.91 Å². The lowest BCUT2D eigenvalue weighted by molar-refractivity contribution is -0.148. The minimum atomic E-state index is -0.907. The van der Waals surface area contributed by atoms with Gasteiger partial charge in [0.1, 0.15) is 58.6 Å². The Bertz CT molecular complexity index is 2160. The van der Waals surface area contributed by atoms with Gasteiger partial charge in [-0.2, -0.15) is 10.5 Å². The molecule has 6 rings (SSSR count). The number of amides is 1. The first kappa shape index (κ1) is 38.3. The number of thiazole rings is 1. The van der Waals surface area contributed by atoms with Crippen LogP contribution in [-0.2, 0) is 26.5 Å². The van der Waals surface area contributed by atoms with Gasteiger partial charge in [-0.15, -0.1) is 11.3 Å². The maximum Gasteiger partial charge on any atom is 0.328 e. The van der Waals surface area contributed by atoms with Crippen LogP contribution in [-0.4, -0.2) is 70.2 Å². The average Bonchev–Trinajstić information content (AvgIpc) is 4.00. The van der Waals surface area contributed by atoms with Crippen LogP contribution in [0, 0.1) is 22.7 Å². The molecule has 16 heteroatoms. The molecule has 0 radical (unpaired) electrons. The number of carbonyl (C=O) groups is 2. The summed E-state index contributed by atoms with van der Waals surface area (Å²) in [6.07, 6.45) is 5.31. The molecule has 1 aliphatic heterocycles. The minimum Gasteiger partial charge on any atom is -0.490 e. The number of thioether (sulfide) groups is 1. The van der Waals surface area contributed by atoms with E-state index in [-0.39, 0.29) is 19.6 Å². The van der Waals surface area contributed by atoms with E-state index in [9.17, 15) is 20.1 Å². The van der Waals surface area contributed by atoms with E-state index in [1.165, 1.54) is 36.3 Å². The van der Waals surface area contributed by atoms with Crippen molar-refractivity contribution in [1.82, 2.24) is 25.3 Å². The number of nitriles is 2. The van der Waals surface area contributed by atoms with Gasteiger partial charge in [0.15, 0.2) is 0 Å². The number of aromatic amines is 1. The van der Waals surface area contributed by atoms with Crippen LogP contribution in [0.3, 0.4) is 0 Å². The third kappa shape index (κ3) is 9.37. The van der Waals surface area contributed by atoms with Gasteiger partial charge in [-0.05, 0) is 49.6 Å². The second kappa shape index (κ2) is 18.1. The largest absolute Gasteiger partial charge is 0.490 e. The van der Waals surface area contributed by atoms with Crippen molar-refractivity contribution in [2.24, 2.45) is 5.73 Å². The molecule has 1 aliphatic rings. The zero-order valence-corrected chi connectivity index (χ0v) is 31.6. The first-order chi connectivity index (χ1) is 26.2. The van der Waals surface area contributed by atoms with Crippen molar-refractivity contribution in [3.63, 3.8) is 0 Å². The van der Waals surface area contributed by atoms with Gasteiger partial charge in [0.05, 0.1) is 23.6 Å². The summed E-state index contributed by atoms with van der Waals surface area (Å²) >= 11 is 9.01. The molecule has 0 unspecified atom stereocenters. The summed E-state index contributed by atoms with van der Waals surface area (Å²) in [5.41, 5.74) is 10.3. The van der Waals surface area contributed by atoms with Crippen LogP contribution < -0.4 is 20.7 Å². The quantitative estimate of drug-likeness (QED) is 0.0649. The first-order valence-electron chi connectivity index (χ1n) is 17.1. The number of nitrogens with zero attached hydrogens (tertiary/aromatic N) is 6. The van der Waals surface area contributed by atoms with Gasteiger partial charge in [0, 0.05) is 58.7 Å². The minimum absolute atomic E-state index is 0.0531. The van der Waals surface area contributed by atoms with Crippen molar-refractivity contribution >= 4 is 52.4 Å². The van der Waals surface area contributed by atoms with Gasteiger partial charge < -0.3 is 30.4 Å². The third-order valence-corrected chi connectivity index (χ3v) is 10.8. The Kier molecular flexibility index (Phi) is 12.8. The van der Waals surface area contributed by atoms with Crippen molar-refractivity contribution in [2.45, 2.75) is 49.0 Å². The molecule has 4 N–H and O–H groups in total. The molecule has 276 valence electrons. The lowest BCUT2D eigenvalue weighted by Gasteiger charge is -2.22. The second-order valence-electron chi connectivity index (χ2n) is 12.4. The highest BCUT2D eigenvalue weighted by atomic mass is 35.5. The summed E-state index contributed by atoms with van der Waals surface area (Å²) < 4.78 is 11.1. The molecular formula is C38H36ClN9O4S2. The van der Waals surface area contributed by atoms with Crippen LogP contribution in [0.5, 0.6) is 5.75 Å². The van der Waals surface area contributed by atoms with E-state index in [4.69, 9.17) is 36.8 Å². The van der Waals surface area contributed by atoms with E-state index in [0.29, 0.717) is 55.3 Å². The number of anilines is 1. The van der Waals surface area contributed by atoms with E-state index in [0.717, 1.165) is 42.2 Å². The van der Waals surface area contributed by atoms with Crippen LogP contribution >= 0.6 is 34.7 Å². The number of rotatable bonds is 15. The molecule has 4 heterocycles. The van der Waals surface area contributed by atoms with Crippen molar-refractivity contribution in [3.05, 3.63) is 94.0 Å². The Morgan fingerprint density at radius 1 is 1.06 bits per heavy atom. The van der Waals surface area contributed by atoms with E-state index in [1.807, 2.05) is 29.6 Å². The van der Waals surface area contributed by atoms with Crippen molar-refractivity contribution in [2.75, 3.05) is 31.2 Å². The van der Waals surface area contributed by atoms with Gasteiger partial charge in [-0.25, -0.2) is 19.7 Å². The topological polar surface area (TPSA) is 196 Å². The maximum absolute atomic E-state index is 12.5. The molecule has 1 amide bonds. The van der Waals surface area contributed by atoms with Gasteiger partial charge >= 0.3 is 5.97 Å². The molecule has 13 nitrogen and oxygen atoms in total. The summed E-state index contributed by atoms with van der Waals surface area (Å²) in [5, 5.41) is 27.5. The number of nitrogens with two attached hydrogens (primary N) is 1. The predicted octanol–water partition coefficient (Wildman–Crippen LogP) is 5.88. The smallest absolute Gasteiger partial charge is 0.328 e. The molecule has 5 aromatic rings. The summed E-state index contributed by atoms with van der Waals surface area (Å²) in [4.78, 5) is 43.5. The molecule has 3 aromatic heterocycles. The fourth-order valence-electron chi connectivity index (χ4n) is 5.80. The summed E-state index contributed by atoms with van der Waals surface area (Å²) in [5.74, 6) is 0.445. The number of ether oxygens (including phenoxy) is 2. The van der Waals surface area contributed by atoms with Crippen molar-refractivity contribution in [1.29, 1.82) is 10.5 Å². The monoisotopic (exact) mass is 781 g/mol. The lowest BCUT2D eigenvalue weighted by Crippen LogP contribution is -2.48. The zero-order chi connectivity index (χ0) is 38.0. The van der Waals surface area contributed by atoms with E-state index in [2.05, 4.69) is 32.3 Å². The molecule has 54 heavy (non-hydrogen) atoms. The molecule has 2 atom stereocenters. The fourth-order valence-corrected chi connectivity index (χ4v) is 7.74. The van der Waals surface area contributed by atoms with Crippen LogP contribution in [0.1, 0.15) is 42.3 Å². The number of imidazole rings is 1. The van der Waals surface area contributed by atoms with E-state index < -0.39 is 24.0 Å². The molecule has 0 aliphatic carbocycles. The molecule has 0 saturated carbocycles. The highest BCUT2D eigenvalue weighted by Gasteiger charge is 2.27. The lowest BCUT2D eigenvalue weighted by atomic mass is 9.96. The first-order valence-corrected chi connectivity index (χ1v) is 19.4. The zero-order valence-electron chi connectivity index (χ0n) is 29.3. The van der Waals surface area contributed by atoms with Gasteiger partial charge in [-0.3, -0.25) is 4.79 Å². The predicted molar refractivity (Wildman–Crippen MR) is 207 cm³/mol. The van der Waals surface area contributed by atoms with Crippen LogP contribution in [0.2, 0.25) is 5.02 Å². The number of carbonyl (C=O) groups excluding carboxylic acids is 2. The molecule has 0 bridgehead atoms. The van der Waals surface area contributed by atoms with Crippen molar-refractivity contribution < 1.29 is 19.1 Å². The van der Waals surface area contributed by atoms with Crippen molar-refractivity contribution in [3.8, 4) is 39.6 Å². The van der Waals surface area contributed by atoms with Crippen LogP contribution in [0.15, 0.2) is 71.5 Å². The Morgan fingerprint density at radius 2 is 1.78 bits per heavy atom. The molecule has 2 aromatic carbocycles. The summed E-state index contributed by atoms with van der Waals surface area (Å²) in [7, 11) is 0. The van der Waals surface area contributed by atoms with E-state index in [1.54, 1.807) is 30.5 Å². The Labute approximate surface area is 325 Å². The molecule has 1 saturated heterocycles. The fraction of sp³-hybridized carbons (Fsp3) is 0.289. The molecular weight excluding hydrogens is 746 g/mol. The maximum atomic E-state index is 12.5. The SMILES string of the molecule is C[C@H](NC(=O)[C@@H](N)Cc1cnc[nH]1)C(=O)OCCOc1ccc(-c2c(C#N)c(SCc3csc(-c4ccc(Cl)cc4)n3)nc(N3CCCC3)c2C#N)cc1.